The van der Waals surface area contributed by atoms with Gasteiger partial charge in [0.2, 0.25) is 5.95 Å². The number of aromatic nitrogens is 4. The molecule has 182 valence electrons. The summed E-state index contributed by atoms with van der Waals surface area (Å²) < 4.78 is 51.6. The number of H-pyrrole nitrogens is 1. The van der Waals surface area contributed by atoms with Gasteiger partial charge in [-0.05, 0) is 0 Å². The van der Waals surface area contributed by atoms with Crippen LogP contribution in [0.5, 0.6) is 0 Å². The van der Waals surface area contributed by atoms with E-state index in [1.807, 2.05) is 0 Å². The summed E-state index contributed by atoms with van der Waals surface area (Å²) in [5, 5.41) is 20.4. The maximum atomic E-state index is 11.9. The number of phosphoric ester groups is 1. The van der Waals surface area contributed by atoms with E-state index in [1.165, 1.54) is 0 Å². The molecule has 33 heavy (non-hydrogen) atoms. The van der Waals surface area contributed by atoms with E-state index in [1.54, 1.807) is 0 Å². The van der Waals surface area contributed by atoms with Gasteiger partial charge in [0.15, 0.2) is 17.4 Å². The van der Waals surface area contributed by atoms with Crippen LogP contribution < -0.4 is 11.3 Å². The molecule has 1 aliphatic heterocycles. The summed E-state index contributed by atoms with van der Waals surface area (Å²) >= 11 is 0. The number of aliphatic hydroxyl groups excluding tert-OH is 2. The van der Waals surface area contributed by atoms with E-state index in [9.17, 15) is 33.6 Å². The van der Waals surface area contributed by atoms with Crippen LogP contribution in [0.4, 0.5) is 5.95 Å². The summed E-state index contributed by atoms with van der Waals surface area (Å²) in [5.74, 6) is -0.276. The fraction of sp³-hybridized carbons (Fsp3) is 0.500. The zero-order chi connectivity index (χ0) is 24.1. The SMILES string of the molecule is Nc1nc2c(ncn2[C@@H]2O[C@H](COP(=O)(O)OP(=O)(O)OP(=O)(O)O)C(O)C2O)c(=O)[nH]1.[LiH]. The van der Waals surface area contributed by atoms with Crippen LogP contribution in [0.2, 0.25) is 0 Å². The predicted molar refractivity (Wildman–Crippen MR) is 105 cm³/mol. The Hall–Kier alpha value is -0.963. The second kappa shape index (κ2) is 9.96. The van der Waals surface area contributed by atoms with Crippen molar-refractivity contribution in [1.29, 1.82) is 0 Å². The summed E-state index contributed by atoms with van der Waals surface area (Å²) in [7, 11) is -16.8. The van der Waals surface area contributed by atoms with Crippen LogP contribution in [0, 0.1) is 0 Å². The number of imidazole rings is 1. The molecule has 9 N–H and O–H groups in total. The summed E-state index contributed by atoms with van der Waals surface area (Å²) in [6, 6.07) is 0. The van der Waals surface area contributed by atoms with Crippen molar-refractivity contribution in [3.8, 4) is 0 Å². The molecule has 19 nitrogen and oxygen atoms in total. The van der Waals surface area contributed by atoms with Gasteiger partial charge in [-0.1, -0.05) is 0 Å². The van der Waals surface area contributed by atoms with Gasteiger partial charge in [0.1, 0.15) is 18.3 Å². The second-order valence-electron chi connectivity index (χ2n) is 6.21. The third kappa shape index (κ3) is 6.80. The Balaban J connectivity index is 0.00000385. The van der Waals surface area contributed by atoms with E-state index in [0.29, 0.717) is 0 Å². The van der Waals surface area contributed by atoms with Crippen molar-refractivity contribution in [2.24, 2.45) is 0 Å². The standard InChI is InChI=1S/C10H16N5O14P3.Li.H/c11-10-13-7-4(8(18)14-10)12-2-15(7)9-6(17)5(16)3(27-9)1-26-31(22,23)29-32(24,25)28-30(19,20)21;;/h2-3,5-6,9,16-17H,1H2,(H,22,23)(H,24,25)(H2,19,20,21)(H3,11,13,14,18);;/t3-,5?,6?,9-;;/m1../s1. The number of rotatable bonds is 8. The van der Waals surface area contributed by atoms with Crippen molar-refractivity contribution in [2.75, 3.05) is 12.3 Å². The Bertz CT molecular complexity index is 1210. The molecule has 0 amide bonds. The number of aliphatic hydroxyl groups is 2. The molecule has 2 aromatic heterocycles. The van der Waals surface area contributed by atoms with Gasteiger partial charge in [-0.15, -0.1) is 0 Å². The minimum absolute atomic E-state index is 0. The first-order valence-corrected chi connectivity index (χ1v) is 12.6. The number of ether oxygens (including phenoxy) is 1. The number of nitrogens with zero attached hydrogens (tertiary/aromatic N) is 3. The number of fused-ring (bicyclic) bond motifs is 1. The van der Waals surface area contributed by atoms with Crippen LogP contribution in [-0.2, 0) is 31.6 Å². The van der Waals surface area contributed by atoms with Crippen LogP contribution in [-0.4, -0.2) is 93.1 Å². The van der Waals surface area contributed by atoms with Gasteiger partial charge in [-0.2, -0.15) is 13.6 Å². The van der Waals surface area contributed by atoms with Crippen molar-refractivity contribution >= 4 is 59.4 Å². The molecular formula is C10H17LiN5O14P3. The quantitative estimate of drug-likeness (QED) is 0.124. The monoisotopic (exact) mass is 531 g/mol. The molecule has 6 atom stereocenters. The minimum atomic E-state index is -5.73. The zero-order valence-corrected chi connectivity index (χ0v) is 18.0. The second-order valence-corrected chi connectivity index (χ2v) is 10.6. The van der Waals surface area contributed by atoms with Crippen LogP contribution in [0.1, 0.15) is 6.23 Å². The number of nitrogen functional groups attached to an aromatic ring is 1. The number of nitrogens with two attached hydrogens (primary N) is 1. The number of anilines is 1. The number of nitrogens with one attached hydrogen (secondary N) is 1. The van der Waals surface area contributed by atoms with Crippen LogP contribution in [0.3, 0.4) is 0 Å². The molecule has 0 spiro atoms. The average molecular weight is 531 g/mol. The van der Waals surface area contributed by atoms with E-state index < -0.39 is 60.2 Å². The number of hydrogen-bond acceptors (Lipinski definition) is 13. The van der Waals surface area contributed by atoms with E-state index in [4.69, 9.17) is 25.2 Å². The molecule has 1 saturated heterocycles. The summed E-state index contributed by atoms with van der Waals surface area (Å²) in [5.41, 5.74) is 4.50. The van der Waals surface area contributed by atoms with E-state index in [0.717, 1.165) is 10.9 Å². The van der Waals surface area contributed by atoms with E-state index >= 15 is 0 Å². The van der Waals surface area contributed by atoms with Gasteiger partial charge in [0.05, 0.1) is 12.9 Å². The molecule has 0 aromatic carbocycles. The van der Waals surface area contributed by atoms with Gasteiger partial charge in [-0.25, -0.2) is 18.7 Å². The Morgan fingerprint density at radius 1 is 1.12 bits per heavy atom. The summed E-state index contributed by atoms with van der Waals surface area (Å²) in [6.45, 7) is -1.01. The Labute approximate surface area is 194 Å². The first-order chi connectivity index (χ1) is 14.6. The van der Waals surface area contributed by atoms with Gasteiger partial charge < -0.3 is 40.3 Å². The average Bonchev–Trinajstić information content (AvgIpc) is 3.12. The molecule has 3 rings (SSSR count). The van der Waals surface area contributed by atoms with Crippen LogP contribution in [0.15, 0.2) is 11.1 Å². The van der Waals surface area contributed by atoms with Crippen LogP contribution >= 0.6 is 23.5 Å². The molecule has 2 aromatic rings. The fourth-order valence-electron chi connectivity index (χ4n) is 2.70. The molecular weight excluding hydrogens is 514 g/mol. The van der Waals surface area contributed by atoms with E-state index in [-0.39, 0.29) is 36.0 Å². The molecule has 3 heterocycles. The Kier molecular flexibility index (Phi) is 8.53. The van der Waals surface area contributed by atoms with E-state index in [2.05, 4.69) is 28.1 Å². The zero-order valence-electron chi connectivity index (χ0n) is 15.3. The van der Waals surface area contributed by atoms with Crippen molar-refractivity contribution in [3.05, 3.63) is 16.7 Å². The molecule has 1 fully saturated rings. The van der Waals surface area contributed by atoms with Gasteiger partial charge in [0.25, 0.3) is 5.56 Å². The van der Waals surface area contributed by atoms with Crippen LogP contribution in [0.25, 0.3) is 11.2 Å². The third-order valence-electron chi connectivity index (χ3n) is 3.88. The third-order valence-corrected chi connectivity index (χ3v) is 7.68. The first-order valence-electron chi connectivity index (χ1n) is 8.11. The molecule has 4 unspecified atom stereocenters. The molecule has 0 radical (unpaired) electrons. The number of phosphoric acid groups is 3. The fourth-order valence-corrected chi connectivity index (χ4v) is 5.73. The van der Waals surface area contributed by atoms with Crippen molar-refractivity contribution in [2.45, 2.75) is 24.5 Å². The molecule has 0 aliphatic carbocycles. The molecule has 0 saturated carbocycles. The summed E-state index contributed by atoms with van der Waals surface area (Å²) in [4.78, 5) is 57.3. The molecule has 23 heteroatoms. The van der Waals surface area contributed by atoms with Crippen molar-refractivity contribution in [3.63, 3.8) is 0 Å². The molecule has 0 bridgehead atoms. The predicted octanol–water partition coefficient (Wildman–Crippen LogP) is -2.98. The topological polar surface area (TPSA) is 299 Å². The van der Waals surface area contributed by atoms with Gasteiger partial charge in [0, 0.05) is 0 Å². The Morgan fingerprint density at radius 3 is 2.36 bits per heavy atom. The maximum absolute atomic E-state index is 11.9. The van der Waals surface area contributed by atoms with Crippen molar-refractivity contribution in [1.82, 2.24) is 19.5 Å². The molecule has 1 aliphatic rings. The van der Waals surface area contributed by atoms with Gasteiger partial charge >= 0.3 is 42.3 Å². The number of aromatic amines is 1. The summed E-state index contributed by atoms with van der Waals surface area (Å²) in [6.07, 6.45) is -5.33. The van der Waals surface area contributed by atoms with Gasteiger partial charge in [-0.3, -0.25) is 18.9 Å². The number of hydrogen-bond donors (Lipinski definition) is 8. The van der Waals surface area contributed by atoms with Crippen molar-refractivity contribution < 1.29 is 61.4 Å². The first kappa shape index (κ1) is 28.3. The normalized spacial score (nSPS) is 27.1. The Morgan fingerprint density at radius 2 is 1.76 bits per heavy atom.